The molecule has 38 heteroatoms. The molecule has 0 fully saturated rings. The van der Waals surface area contributed by atoms with Crippen LogP contribution in [0.3, 0.4) is 0 Å². The van der Waals surface area contributed by atoms with Crippen LogP contribution in [-0.4, -0.2) is 114 Å². The number of alkyl carbamates (subject to hydrolysis) is 1. The molecule has 10 aromatic carbocycles. The lowest BCUT2D eigenvalue weighted by Gasteiger charge is -2.19. The fourth-order valence-electron chi connectivity index (χ4n) is 11.8. The van der Waals surface area contributed by atoms with Gasteiger partial charge in [0.05, 0.1) is 53.2 Å². The van der Waals surface area contributed by atoms with Crippen molar-refractivity contribution in [1.82, 2.24) is 35.6 Å². The first-order valence-corrected chi connectivity index (χ1v) is 48.9. The van der Waals surface area contributed by atoms with Gasteiger partial charge in [0, 0.05) is 50.7 Å². The van der Waals surface area contributed by atoms with Crippen LogP contribution >= 0.6 is 85.0 Å². The molecule has 5 heterocycles. The zero-order chi connectivity index (χ0) is 100. The van der Waals surface area contributed by atoms with Crippen molar-refractivity contribution in [3.8, 4) is 106 Å². The maximum absolute atomic E-state index is 12.2. The summed E-state index contributed by atoms with van der Waals surface area (Å²) in [6.07, 6.45) is 13.9. The molecule has 15 aromatic rings. The van der Waals surface area contributed by atoms with E-state index in [9.17, 15) is 28.8 Å². The Balaban J connectivity index is 0.000000207. The van der Waals surface area contributed by atoms with Gasteiger partial charge in [-0.05, 0) is 211 Å². The van der Waals surface area contributed by atoms with Gasteiger partial charge < -0.3 is 92.1 Å². The molecule has 30 nitrogen and oxygen atoms in total. The summed E-state index contributed by atoms with van der Waals surface area (Å²) in [4.78, 5) is 90.3. The molecule has 4 amide bonds. The van der Waals surface area contributed by atoms with Crippen LogP contribution in [0.4, 0.5) is 29.8 Å². The fourth-order valence-corrected chi connectivity index (χ4v) is 16.2. The van der Waals surface area contributed by atoms with Crippen LogP contribution in [0.2, 0.25) is 0 Å². The molecule has 0 atom stereocenters. The molecule has 5 aromatic heterocycles. The van der Waals surface area contributed by atoms with E-state index in [0.29, 0.717) is 119 Å². The Kier molecular flexibility index (Phi) is 47.9. The number of carbonyl (C=O) groups is 6. The van der Waals surface area contributed by atoms with Gasteiger partial charge in [-0.3, -0.25) is 24.0 Å². The molecule has 15 rings (SSSR count). The summed E-state index contributed by atoms with van der Waals surface area (Å²) in [5, 5.41) is 55.5. The number of benzene rings is 10. The fraction of sp³-hybridized carbons (Fsp3) is 0.204. The number of esters is 1. The molecule has 0 saturated carbocycles. The molecule has 734 valence electrons. The minimum Gasteiger partial charge on any atom is -0.481 e. The van der Waals surface area contributed by atoms with Crippen molar-refractivity contribution in [3.05, 3.63) is 308 Å². The van der Waals surface area contributed by atoms with Gasteiger partial charge >= 0.3 is 25.2 Å². The minimum absolute atomic E-state index is 0. The number of rotatable bonds is 34. The largest absolute Gasteiger partial charge is 0.492 e. The Hall–Kier alpha value is -14.4. The average molecular weight is 2090 g/mol. The van der Waals surface area contributed by atoms with Crippen LogP contribution in [0.15, 0.2) is 308 Å². The number of amides is 4. The lowest BCUT2D eigenvalue weighted by atomic mass is 9.79. The van der Waals surface area contributed by atoms with Crippen LogP contribution in [-0.2, 0) is 33.4 Å². The number of thiazole rings is 5. The zero-order valence-electron chi connectivity index (χ0n) is 78.0. The number of aliphatic carboxylic acids is 1. The van der Waals surface area contributed by atoms with E-state index in [1.54, 1.807) is 88.2 Å². The third-order valence-electron chi connectivity index (χ3n) is 17.9. The molecule has 14 N–H and O–H groups in total. The van der Waals surface area contributed by atoms with Crippen LogP contribution in [0.5, 0.6) is 57.5 Å². The number of carboxylic acids is 1. The number of carboxylic acid groups (broad SMARTS) is 1. The third kappa shape index (κ3) is 42.8. The molecule has 0 radical (unpaired) electrons. The van der Waals surface area contributed by atoms with Crippen LogP contribution in [0.25, 0.3) is 42.3 Å². The third-order valence-corrected chi connectivity index (χ3v) is 22.9. The van der Waals surface area contributed by atoms with Crippen LogP contribution in [0.1, 0.15) is 106 Å². The summed E-state index contributed by atoms with van der Waals surface area (Å²) >= 11 is 10.2. The Bertz CT molecular complexity index is 6340. The number of halogens is 2. The lowest BCUT2D eigenvalue weighted by molar-refractivity contribution is -0.155. The quantitative estimate of drug-likeness (QED) is 0.00586. The number of nitriles is 1. The van der Waals surface area contributed by atoms with Gasteiger partial charge in [0.2, 0.25) is 17.7 Å². The molecule has 0 aliphatic heterocycles. The van der Waals surface area contributed by atoms with E-state index in [1.807, 2.05) is 264 Å². The van der Waals surface area contributed by atoms with Gasteiger partial charge in [-0.15, -0.1) is 12.4 Å². The topological polar surface area (TPSA) is 454 Å². The van der Waals surface area contributed by atoms with E-state index in [-0.39, 0.29) is 48.9 Å². The summed E-state index contributed by atoms with van der Waals surface area (Å²) in [6.45, 7) is 12.2. The highest BCUT2D eigenvalue weighted by atomic mass is 79.9. The number of aromatic nitrogens is 5. The second kappa shape index (κ2) is 60.4. The van der Waals surface area contributed by atoms with E-state index in [0.717, 1.165) is 85.7 Å². The predicted octanol–water partition coefficient (Wildman–Crippen LogP) is 23.7. The predicted molar refractivity (Wildman–Crippen MR) is 567 cm³/mol. The first-order valence-electron chi connectivity index (χ1n) is 44.1. The second-order valence-corrected chi connectivity index (χ2v) is 38.0. The average Bonchev–Trinajstić information content (AvgIpc) is 1.47. The molecule has 0 bridgehead atoms. The van der Waals surface area contributed by atoms with Gasteiger partial charge in [-0.2, -0.15) is 5.26 Å². The first kappa shape index (κ1) is 112. The van der Waals surface area contributed by atoms with E-state index in [4.69, 9.17) is 70.8 Å². The Morgan fingerprint density at radius 1 is 0.390 bits per heavy atom. The lowest BCUT2D eigenvalue weighted by Crippen LogP contribution is -2.33. The molecule has 0 saturated heterocycles. The van der Waals surface area contributed by atoms with Gasteiger partial charge in [0.1, 0.15) is 114 Å². The van der Waals surface area contributed by atoms with Gasteiger partial charge in [0.15, 0.2) is 10.1 Å². The molecule has 0 unspecified atom stereocenters. The first-order chi connectivity index (χ1) is 67.5. The normalized spacial score (nSPS) is 10.3. The number of hydrogen-bond donors (Lipinski definition) is 11. The molecular formula is C103H109BBrClN14O16S5. The van der Waals surface area contributed by atoms with Crippen molar-refractivity contribution < 1.29 is 77.1 Å². The van der Waals surface area contributed by atoms with Gasteiger partial charge in [-0.25, -0.2) is 29.7 Å². The Morgan fingerprint density at radius 2 is 0.702 bits per heavy atom. The number of ether oxygens (including phenoxy) is 7. The minimum atomic E-state index is -1.53. The van der Waals surface area contributed by atoms with E-state index in [2.05, 4.69) is 67.4 Å². The van der Waals surface area contributed by atoms with Crippen molar-refractivity contribution >= 4 is 158 Å². The van der Waals surface area contributed by atoms with Gasteiger partial charge in [0.25, 0.3) is 0 Å². The van der Waals surface area contributed by atoms with Crippen molar-refractivity contribution in [2.45, 2.75) is 117 Å². The second-order valence-electron chi connectivity index (χ2n) is 31.5. The smallest absolute Gasteiger partial charge is 0.481 e. The number of hydrogen-bond acceptors (Lipinski definition) is 30. The number of nitrogens with two attached hydrogens (primary N) is 3. The Morgan fingerprint density at radius 3 is 1.02 bits per heavy atom. The zero-order valence-corrected chi connectivity index (χ0v) is 84.5. The highest BCUT2D eigenvalue weighted by molar-refractivity contribution is 9.11. The summed E-state index contributed by atoms with van der Waals surface area (Å²) in [6, 6.07) is 85.3. The van der Waals surface area contributed by atoms with Gasteiger partial charge in [-0.1, -0.05) is 214 Å². The standard InChI is InChI=1S/C24H27N3O4S.C20H18N4O2S.C19H19N3O2S.C15H12N2OS.C12H11BO3.C10H18O4.C3H3BrN2S.ClH/c1-24(2,3)31-23(29)25-15-9-14-20(28)27-21-16-26-22(32-21)18-12-7-8-13-19(18)30-17-10-5-4-6-11-17;21-14-22-12-6-11-18(25)24-19-13-23-20(27-19)16-9-4-5-10-17(16)26-15-7-2-1-3-8-15;20-12-6-11-17(23)22-18-13-21-19(25-18)15-9-4-5-10-16(15)24-14-7-2-1-3-8-14;16-14-10-17-15(19-14)12-8-4-5-9-13(12)18-11-6-2-1-3-7-11;14-13(15)11-8-4-5-9-12(11)16-10-6-2-1-3-7-10;1-10(2,3)14-9(13)7-5-4-6-8(11)12;4-3-6-1-2(5)7-3;/h4-8,10-13,16H,9,14-15H2,1-3H3,(H,25,29)(H,27,28);1-5,7-10,13,22H,6,11-12H2,(H,24,25);1-5,7-10,13H,6,11-12,20H2,(H,22,23);1-10H,16H2;1-9,14-15H;4-7H2,1-3H3,(H,11,12);1H,5H2;1H. The number of carbonyl (C=O) groups excluding carboxylic acids is 5. The summed E-state index contributed by atoms with van der Waals surface area (Å²) in [5.74, 6) is 5.71. The summed E-state index contributed by atoms with van der Waals surface area (Å²) in [7, 11) is -1.53. The molecule has 0 spiro atoms. The number of anilines is 5. The van der Waals surface area contributed by atoms with Crippen LogP contribution < -0.4 is 72.9 Å². The summed E-state index contributed by atoms with van der Waals surface area (Å²) in [5.41, 5.74) is 19.4. The van der Waals surface area contributed by atoms with E-state index < -0.39 is 30.4 Å². The molecule has 0 aliphatic carbocycles. The van der Waals surface area contributed by atoms with E-state index in [1.165, 1.54) is 56.7 Å². The summed E-state index contributed by atoms with van der Waals surface area (Å²) < 4.78 is 40.5. The molecule has 0 aliphatic rings. The number of nitrogen functional groups attached to an aromatic ring is 2. The number of nitrogens with one attached hydrogen (secondary N) is 5. The highest BCUT2D eigenvalue weighted by Gasteiger charge is 2.22. The molecular weight excluding hydrogens is 1980 g/mol. The number of para-hydroxylation sites is 10. The van der Waals surface area contributed by atoms with Crippen molar-refractivity contribution in [1.29, 1.82) is 5.26 Å². The molecule has 141 heavy (non-hydrogen) atoms. The van der Waals surface area contributed by atoms with Crippen molar-refractivity contribution in [2.75, 3.05) is 47.1 Å². The maximum Gasteiger partial charge on any atom is 0.492 e. The number of nitrogens with zero attached hydrogens (tertiary/aromatic N) is 6. The number of unbranched alkanes of at least 4 members (excludes halogenated alkanes) is 1. The Labute approximate surface area is 853 Å². The highest BCUT2D eigenvalue weighted by Crippen LogP contribution is 2.42. The monoisotopic (exact) mass is 2080 g/mol. The van der Waals surface area contributed by atoms with Crippen molar-refractivity contribution in [3.63, 3.8) is 0 Å². The maximum atomic E-state index is 12.2. The SMILES string of the molecule is CC(C)(C)OC(=O)CCCCC(=O)O.CC(C)(C)OC(=O)NCCCC(=O)Nc1cnc(-c2ccccc2Oc2ccccc2)s1.Cl.N#CNCCCC(=O)Nc1cnc(-c2ccccc2Oc2ccccc2)s1.NCCCC(=O)Nc1cnc(-c2ccccc2Oc2ccccc2)s1.Nc1cnc(-c2ccccc2Oc2ccccc2)s1.Nc1cnc(Br)s1.OB(O)c1ccccc1Oc1ccccc1. The van der Waals surface area contributed by atoms with E-state index >= 15 is 0 Å². The van der Waals surface area contributed by atoms with Crippen molar-refractivity contribution in [2.24, 2.45) is 5.73 Å². The van der Waals surface area contributed by atoms with Crippen LogP contribution in [0, 0.1) is 11.5 Å².